The average Bonchev–Trinajstić information content (AvgIpc) is 3.46. The van der Waals surface area contributed by atoms with E-state index in [1.165, 1.54) is 0 Å². The zero-order valence-corrected chi connectivity index (χ0v) is 23.4. The number of fused-ring (bicyclic) bond motifs is 6. The summed E-state index contributed by atoms with van der Waals surface area (Å²) < 4.78 is 11.7. The van der Waals surface area contributed by atoms with E-state index in [9.17, 15) is 10.2 Å². The predicted octanol–water partition coefficient (Wildman–Crippen LogP) is 6.42. The molecule has 0 atom stereocenters. The van der Waals surface area contributed by atoms with E-state index in [0.717, 1.165) is 50.1 Å². The minimum Gasteiger partial charge on any atom is -0.481 e. The smallest absolute Gasteiger partial charge is 0.178 e. The summed E-state index contributed by atoms with van der Waals surface area (Å²) in [6.45, 7) is 0.644. The van der Waals surface area contributed by atoms with Crippen LogP contribution in [0.1, 0.15) is 27.8 Å². The number of aliphatic hydroxyl groups is 2. The maximum Gasteiger partial charge on any atom is 0.178 e. The molecule has 7 rings (SSSR count). The third-order valence-corrected chi connectivity index (χ3v) is 8.04. The van der Waals surface area contributed by atoms with Gasteiger partial charge in [0.15, 0.2) is 11.2 Å². The second kappa shape index (κ2) is 11.0. The molecule has 4 nitrogen and oxygen atoms in total. The summed E-state index contributed by atoms with van der Waals surface area (Å²) in [6, 6.07) is 38.9. The molecule has 0 fully saturated rings. The van der Waals surface area contributed by atoms with Crippen LogP contribution in [-0.4, -0.2) is 23.4 Å². The second-order valence-electron chi connectivity index (χ2n) is 10.6. The van der Waals surface area contributed by atoms with Crippen molar-refractivity contribution in [2.75, 3.05) is 13.2 Å². The molecule has 4 heteroatoms. The van der Waals surface area contributed by atoms with Gasteiger partial charge in [-0.05, 0) is 39.9 Å². The molecule has 208 valence electrons. The summed E-state index contributed by atoms with van der Waals surface area (Å²) in [5.41, 5.74) is 5.38. The molecular weight excluding hydrogens is 532 g/mol. The molecule has 2 aliphatic rings. The van der Waals surface area contributed by atoms with Crippen LogP contribution in [0.5, 0.6) is 5.75 Å². The van der Waals surface area contributed by atoms with Crippen molar-refractivity contribution in [2.24, 2.45) is 0 Å². The molecule has 0 amide bonds. The Labute approximate surface area is 251 Å². The van der Waals surface area contributed by atoms with Gasteiger partial charge in [-0.2, -0.15) is 0 Å². The van der Waals surface area contributed by atoms with Crippen LogP contribution in [-0.2, 0) is 22.5 Å². The van der Waals surface area contributed by atoms with Crippen LogP contribution in [0.3, 0.4) is 0 Å². The van der Waals surface area contributed by atoms with Crippen LogP contribution >= 0.6 is 0 Å². The lowest BCUT2D eigenvalue weighted by Crippen LogP contribution is -2.22. The average molecular weight is 561 g/mol. The standard InChI is InChI=1S/C39H28O4/c40-38(34-18-5-1-14-30(34)31-15-2-6-19-35(31)38)22-10-24-42-27-28-12-9-13-29(26-28)43-25-11-23-39(41)36-20-7-3-16-32(36)33-17-4-8-21-37(33)39/h1-9,12-21,26,40-41H,24-25,27H2. The van der Waals surface area contributed by atoms with Crippen molar-refractivity contribution < 1.29 is 19.7 Å². The van der Waals surface area contributed by atoms with Gasteiger partial charge in [0, 0.05) is 22.3 Å². The van der Waals surface area contributed by atoms with Crippen LogP contribution in [0.4, 0.5) is 0 Å². The maximum absolute atomic E-state index is 11.6. The summed E-state index contributed by atoms with van der Waals surface area (Å²) in [5, 5.41) is 23.1. The van der Waals surface area contributed by atoms with E-state index in [1.807, 2.05) is 121 Å². The first-order chi connectivity index (χ1) is 21.1. The number of ether oxygens (including phenoxy) is 2. The fourth-order valence-electron chi connectivity index (χ4n) is 6.09. The minimum atomic E-state index is -1.37. The van der Waals surface area contributed by atoms with E-state index in [4.69, 9.17) is 9.47 Å². The second-order valence-corrected chi connectivity index (χ2v) is 10.6. The molecule has 43 heavy (non-hydrogen) atoms. The molecule has 0 saturated carbocycles. The number of hydrogen-bond donors (Lipinski definition) is 2. The first-order valence-electron chi connectivity index (χ1n) is 14.2. The molecule has 2 aliphatic carbocycles. The summed E-state index contributed by atoms with van der Waals surface area (Å²) in [7, 11) is 0. The highest BCUT2D eigenvalue weighted by atomic mass is 16.5. The van der Waals surface area contributed by atoms with Gasteiger partial charge in [0.1, 0.15) is 19.0 Å². The van der Waals surface area contributed by atoms with Crippen LogP contribution in [0.25, 0.3) is 22.3 Å². The summed E-state index contributed by atoms with van der Waals surface area (Å²) in [6.07, 6.45) is 0. The van der Waals surface area contributed by atoms with Gasteiger partial charge in [-0.3, -0.25) is 0 Å². The lowest BCUT2D eigenvalue weighted by atomic mass is 9.92. The van der Waals surface area contributed by atoms with E-state index in [-0.39, 0.29) is 13.2 Å². The van der Waals surface area contributed by atoms with E-state index in [2.05, 4.69) is 23.7 Å². The Balaban J connectivity index is 0.984. The van der Waals surface area contributed by atoms with Crippen molar-refractivity contribution in [3.05, 3.63) is 149 Å². The Morgan fingerprint density at radius 1 is 0.512 bits per heavy atom. The highest BCUT2D eigenvalue weighted by Gasteiger charge is 2.41. The van der Waals surface area contributed by atoms with Crippen LogP contribution < -0.4 is 4.74 Å². The molecule has 0 spiro atoms. The molecule has 2 N–H and O–H groups in total. The van der Waals surface area contributed by atoms with Gasteiger partial charge < -0.3 is 19.7 Å². The predicted molar refractivity (Wildman–Crippen MR) is 167 cm³/mol. The van der Waals surface area contributed by atoms with Crippen LogP contribution in [0.15, 0.2) is 121 Å². The maximum atomic E-state index is 11.6. The van der Waals surface area contributed by atoms with E-state index in [1.54, 1.807) is 0 Å². The Kier molecular flexibility index (Phi) is 6.82. The van der Waals surface area contributed by atoms with Gasteiger partial charge in [-0.25, -0.2) is 0 Å². The Morgan fingerprint density at radius 3 is 1.44 bits per heavy atom. The van der Waals surface area contributed by atoms with Crippen molar-refractivity contribution in [1.29, 1.82) is 0 Å². The lowest BCUT2D eigenvalue weighted by molar-refractivity contribution is 0.143. The largest absolute Gasteiger partial charge is 0.481 e. The summed E-state index contributed by atoms with van der Waals surface area (Å²) in [5.74, 6) is 12.8. The number of hydrogen-bond acceptors (Lipinski definition) is 4. The quantitative estimate of drug-likeness (QED) is 0.192. The van der Waals surface area contributed by atoms with Gasteiger partial charge in [0.05, 0.1) is 6.61 Å². The third kappa shape index (κ3) is 4.69. The van der Waals surface area contributed by atoms with Gasteiger partial charge in [0.25, 0.3) is 0 Å². The molecule has 0 bridgehead atoms. The van der Waals surface area contributed by atoms with Crippen molar-refractivity contribution in [3.63, 3.8) is 0 Å². The summed E-state index contributed by atoms with van der Waals surface area (Å²) >= 11 is 0. The highest BCUT2D eigenvalue weighted by molar-refractivity contribution is 5.83. The fourth-order valence-corrected chi connectivity index (χ4v) is 6.09. The van der Waals surface area contributed by atoms with Gasteiger partial charge in [0.2, 0.25) is 0 Å². The monoisotopic (exact) mass is 560 g/mol. The zero-order valence-electron chi connectivity index (χ0n) is 23.4. The topological polar surface area (TPSA) is 58.9 Å². The SMILES string of the molecule is OC1(C#CCOCc2cccc(OCC#CC3(O)c4ccccc4-c4ccccc43)c2)c2ccccc2-c2ccccc21. The Hall–Kier alpha value is -5.10. The lowest BCUT2D eigenvalue weighted by Gasteiger charge is -2.19. The molecule has 0 unspecified atom stereocenters. The van der Waals surface area contributed by atoms with Crippen LogP contribution in [0, 0.1) is 23.7 Å². The molecular formula is C39H28O4. The van der Waals surface area contributed by atoms with E-state index >= 15 is 0 Å². The molecule has 0 radical (unpaired) electrons. The van der Waals surface area contributed by atoms with Gasteiger partial charge in [-0.1, -0.05) is 133 Å². The molecule has 5 aromatic carbocycles. The van der Waals surface area contributed by atoms with Crippen molar-refractivity contribution in [2.45, 2.75) is 17.8 Å². The van der Waals surface area contributed by atoms with Gasteiger partial charge in [-0.15, -0.1) is 0 Å². The number of rotatable bonds is 5. The third-order valence-electron chi connectivity index (χ3n) is 8.04. The number of benzene rings is 5. The van der Waals surface area contributed by atoms with E-state index in [0.29, 0.717) is 12.4 Å². The van der Waals surface area contributed by atoms with Crippen molar-refractivity contribution >= 4 is 0 Å². The van der Waals surface area contributed by atoms with Crippen molar-refractivity contribution in [3.8, 4) is 51.7 Å². The Morgan fingerprint density at radius 2 is 0.953 bits per heavy atom. The zero-order chi connectivity index (χ0) is 29.3. The minimum absolute atomic E-state index is 0.129. The van der Waals surface area contributed by atoms with Crippen molar-refractivity contribution in [1.82, 2.24) is 0 Å². The highest BCUT2D eigenvalue weighted by Crippen LogP contribution is 2.48. The normalized spacial score (nSPS) is 14.2. The summed E-state index contributed by atoms with van der Waals surface area (Å²) in [4.78, 5) is 0. The van der Waals surface area contributed by atoms with Crippen LogP contribution in [0.2, 0.25) is 0 Å². The molecule has 0 aromatic heterocycles. The molecule has 0 heterocycles. The first-order valence-corrected chi connectivity index (χ1v) is 14.2. The molecule has 0 saturated heterocycles. The van der Waals surface area contributed by atoms with Gasteiger partial charge >= 0.3 is 0 Å². The fraction of sp³-hybridized carbons (Fsp3) is 0.128. The molecule has 0 aliphatic heterocycles. The first kappa shape index (κ1) is 26.8. The molecule has 5 aromatic rings. The van der Waals surface area contributed by atoms with E-state index < -0.39 is 11.2 Å². The Bertz CT molecular complexity index is 1880.